The number of benzene rings is 2. The number of amides is 1. The minimum absolute atomic E-state index is 0.0790. The van der Waals surface area contributed by atoms with E-state index in [2.05, 4.69) is 5.32 Å². The van der Waals surface area contributed by atoms with Gasteiger partial charge in [-0.05, 0) is 42.8 Å². The van der Waals surface area contributed by atoms with E-state index in [9.17, 15) is 27.2 Å². The molecule has 0 spiro atoms. The Bertz CT molecular complexity index is 865. The van der Waals surface area contributed by atoms with E-state index in [0.29, 0.717) is 6.07 Å². The SMILES string of the molecule is Cc1cc(C(F)(F)F)ccc1NC(=O)c1cc(C(=O)O)c(F)cc1Cl. The number of carboxylic acids is 1. The first-order valence-corrected chi connectivity index (χ1v) is 7.10. The molecule has 1 amide bonds. The summed E-state index contributed by atoms with van der Waals surface area (Å²) < 4.78 is 51.4. The Balaban J connectivity index is 2.35. The number of hydrogen-bond acceptors (Lipinski definition) is 2. The maximum Gasteiger partial charge on any atom is 0.416 e. The molecule has 0 atom stereocenters. The van der Waals surface area contributed by atoms with E-state index in [1.807, 2.05) is 0 Å². The van der Waals surface area contributed by atoms with Gasteiger partial charge in [0.05, 0.1) is 21.7 Å². The smallest absolute Gasteiger partial charge is 0.416 e. The van der Waals surface area contributed by atoms with Gasteiger partial charge in [-0.1, -0.05) is 11.6 Å². The molecule has 0 fully saturated rings. The zero-order valence-electron chi connectivity index (χ0n) is 12.5. The van der Waals surface area contributed by atoms with Gasteiger partial charge in [-0.15, -0.1) is 0 Å². The Morgan fingerprint density at radius 2 is 1.76 bits per heavy atom. The Hall–Kier alpha value is -2.61. The monoisotopic (exact) mass is 375 g/mol. The summed E-state index contributed by atoms with van der Waals surface area (Å²) in [5, 5.41) is 10.9. The molecule has 0 radical (unpaired) electrons. The van der Waals surface area contributed by atoms with E-state index in [4.69, 9.17) is 16.7 Å². The minimum Gasteiger partial charge on any atom is -0.478 e. The maximum absolute atomic E-state index is 13.5. The van der Waals surface area contributed by atoms with Crippen LogP contribution < -0.4 is 5.32 Å². The van der Waals surface area contributed by atoms with E-state index in [1.54, 1.807) is 0 Å². The van der Waals surface area contributed by atoms with Crippen LogP contribution in [0.1, 0.15) is 31.8 Å². The molecule has 0 bridgehead atoms. The van der Waals surface area contributed by atoms with Crippen LogP contribution in [-0.4, -0.2) is 17.0 Å². The van der Waals surface area contributed by atoms with E-state index in [-0.39, 0.29) is 21.8 Å². The van der Waals surface area contributed by atoms with E-state index in [0.717, 1.165) is 24.3 Å². The molecule has 132 valence electrons. The topological polar surface area (TPSA) is 66.4 Å². The number of rotatable bonds is 3. The summed E-state index contributed by atoms with van der Waals surface area (Å²) in [6.45, 7) is 1.36. The number of carboxylic acid groups (broad SMARTS) is 1. The van der Waals surface area contributed by atoms with Gasteiger partial charge < -0.3 is 10.4 Å². The minimum atomic E-state index is -4.52. The molecule has 0 aliphatic carbocycles. The third-order valence-electron chi connectivity index (χ3n) is 3.33. The molecule has 0 aliphatic rings. The Morgan fingerprint density at radius 3 is 2.28 bits per heavy atom. The average Bonchev–Trinajstić information content (AvgIpc) is 2.47. The first kappa shape index (κ1) is 18.7. The second kappa shape index (κ2) is 6.72. The van der Waals surface area contributed by atoms with Crippen molar-refractivity contribution in [3.8, 4) is 0 Å². The van der Waals surface area contributed by atoms with Crippen molar-refractivity contribution in [1.29, 1.82) is 0 Å². The fourth-order valence-electron chi connectivity index (χ4n) is 2.06. The van der Waals surface area contributed by atoms with Crippen LogP contribution in [0.5, 0.6) is 0 Å². The van der Waals surface area contributed by atoms with Crippen LogP contribution in [0.3, 0.4) is 0 Å². The summed E-state index contributed by atoms with van der Waals surface area (Å²) in [4.78, 5) is 23.2. The molecule has 0 saturated carbocycles. The number of hydrogen-bond donors (Lipinski definition) is 2. The summed E-state index contributed by atoms with van der Waals surface area (Å²) in [6.07, 6.45) is -4.52. The summed E-state index contributed by atoms with van der Waals surface area (Å²) in [5.74, 6) is -3.58. The van der Waals surface area contributed by atoms with Gasteiger partial charge >= 0.3 is 12.1 Å². The lowest BCUT2D eigenvalue weighted by Gasteiger charge is -2.13. The van der Waals surface area contributed by atoms with Gasteiger partial charge in [0.15, 0.2) is 0 Å². The van der Waals surface area contributed by atoms with E-state index < -0.39 is 35.0 Å². The molecule has 9 heteroatoms. The van der Waals surface area contributed by atoms with Gasteiger partial charge in [0.25, 0.3) is 5.91 Å². The number of alkyl halides is 3. The van der Waals surface area contributed by atoms with Gasteiger partial charge in [0, 0.05) is 5.69 Å². The Morgan fingerprint density at radius 1 is 1.12 bits per heavy atom. The van der Waals surface area contributed by atoms with Crippen molar-refractivity contribution < 1.29 is 32.3 Å². The number of aryl methyl sites for hydroxylation is 1. The molecule has 0 saturated heterocycles. The number of halogens is 5. The number of nitrogens with one attached hydrogen (secondary N) is 1. The molecule has 0 unspecified atom stereocenters. The molecule has 0 heterocycles. The molecule has 4 nitrogen and oxygen atoms in total. The molecule has 2 N–H and O–H groups in total. The van der Waals surface area contributed by atoms with Crippen molar-refractivity contribution in [2.45, 2.75) is 13.1 Å². The molecule has 0 aromatic heterocycles. The lowest BCUT2D eigenvalue weighted by Crippen LogP contribution is -2.15. The number of carbonyl (C=O) groups is 2. The lowest BCUT2D eigenvalue weighted by molar-refractivity contribution is -0.137. The van der Waals surface area contributed by atoms with Crippen molar-refractivity contribution in [1.82, 2.24) is 0 Å². The van der Waals surface area contributed by atoms with Crippen molar-refractivity contribution in [2.24, 2.45) is 0 Å². The van der Waals surface area contributed by atoms with Gasteiger partial charge in [-0.3, -0.25) is 4.79 Å². The van der Waals surface area contributed by atoms with Crippen LogP contribution in [0.4, 0.5) is 23.2 Å². The molecule has 2 aromatic carbocycles. The predicted molar refractivity (Wildman–Crippen MR) is 82.5 cm³/mol. The highest BCUT2D eigenvalue weighted by Crippen LogP contribution is 2.32. The molecule has 2 aromatic rings. The zero-order valence-corrected chi connectivity index (χ0v) is 13.3. The van der Waals surface area contributed by atoms with Crippen LogP contribution in [0.15, 0.2) is 30.3 Å². The second-order valence-electron chi connectivity index (χ2n) is 5.10. The third-order valence-corrected chi connectivity index (χ3v) is 3.65. The molecule has 25 heavy (non-hydrogen) atoms. The van der Waals surface area contributed by atoms with Crippen molar-refractivity contribution >= 4 is 29.2 Å². The molecular weight excluding hydrogens is 366 g/mol. The van der Waals surface area contributed by atoms with E-state index >= 15 is 0 Å². The summed E-state index contributed by atoms with van der Waals surface area (Å²) in [7, 11) is 0. The first-order valence-electron chi connectivity index (χ1n) is 6.72. The number of aromatic carboxylic acids is 1. The zero-order chi connectivity index (χ0) is 18.9. The fraction of sp³-hybridized carbons (Fsp3) is 0.125. The molecular formula is C16H10ClF4NO3. The molecule has 2 rings (SSSR count). The van der Waals surface area contributed by atoms with Crippen LogP contribution >= 0.6 is 11.6 Å². The normalized spacial score (nSPS) is 11.3. The first-order chi connectivity index (χ1) is 11.5. The second-order valence-corrected chi connectivity index (χ2v) is 5.51. The van der Waals surface area contributed by atoms with Crippen LogP contribution in [0.25, 0.3) is 0 Å². The fourth-order valence-corrected chi connectivity index (χ4v) is 2.29. The average molecular weight is 376 g/mol. The highest BCUT2D eigenvalue weighted by atomic mass is 35.5. The maximum atomic E-state index is 13.5. The van der Waals surface area contributed by atoms with Gasteiger partial charge in [0.1, 0.15) is 5.82 Å². The van der Waals surface area contributed by atoms with Gasteiger partial charge in [-0.25, -0.2) is 9.18 Å². The van der Waals surface area contributed by atoms with Gasteiger partial charge in [-0.2, -0.15) is 13.2 Å². The largest absolute Gasteiger partial charge is 0.478 e. The summed E-state index contributed by atoms with van der Waals surface area (Å²) in [5.41, 5.74) is -1.73. The van der Waals surface area contributed by atoms with Crippen LogP contribution in [0, 0.1) is 12.7 Å². The standard InChI is InChI=1S/C16H10ClF4NO3/c1-7-4-8(16(19,20)21)2-3-13(7)22-14(23)9-5-10(15(24)25)12(18)6-11(9)17/h2-6H,1H3,(H,22,23)(H,24,25). The highest BCUT2D eigenvalue weighted by molar-refractivity contribution is 6.34. The number of carbonyl (C=O) groups excluding carboxylic acids is 1. The quantitative estimate of drug-likeness (QED) is 0.760. The van der Waals surface area contributed by atoms with Crippen molar-refractivity contribution in [3.63, 3.8) is 0 Å². The van der Waals surface area contributed by atoms with E-state index in [1.165, 1.54) is 6.92 Å². The van der Waals surface area contributed by atoms with Crippen molar-refractivity contribution in [3.05, 3.63) is 63.4 Å². The van der Waals surface area contributed by atoms with Gasteiger partial charge in [0.2, 0.25) is 0 Å². The predicted octanol–water partition coefficient (Wildman–Crippen LogP) is 4.76. The van der Waals surface area contributed by atoms with Crippen molar-refractivity contribution in [2.75, 3.05) is 5.32 Å². The number of anilines is 1. The summed E-state index contributed by atoms with van der Waals surface area (Å²) in [6, 6.07) is 4.14. The summed E-state index contributed by atoms with van der Waals surface area (Å²) >= 11 is 5.75. The Kier molecular flexibility index (Phi) is 5.03. The van der Waals surface area contributed by atoms with Crippen LogP contribution in [0.2, 0.25) is 5.02 Å². The Labute approximate surface area is 144 Å². The lowest BCUT2D eigenvalue weighted by atomic mass is 10.1. The third kappa shape index (κ3) is 4.08. The van der Waals surface area contributed by atoms with Crippen LogP contribution in [-0.2, 0) is 6.18 Å². The highest BCUT2D eigenvalue weighted by Gasteiger charge is 2.30. The molecule has 0 aliphatic heterocycles.